The summed E-state index contributed by atoms with van der Waals surface area (Å²) in [6.45, 7) is 3.05. The maximum absolute atomic E-state index is 12.8. The van der Waals surface area contributed by atoms with Crippen LogP contribution in [0.1, 0.15) is 36.5 Å². The highest BCUT2D eigenvalue weighted by Gasteiger charge is 2.28. The number of ketones is 1. The lowest BCUT2D eigenvalue weighted by atomic mass is 9.95. The Balaban J connectivity index is 1.62. The number of likely N-dealkylation sites (tertiary alicyclic amines) is 1. The number of H-pyrrole nitrogens is 1. The number of nitrogens with two attached hydrogens (primary N) is 1. The molecule has 1 aromatic heterocycles. The summed E-state index contributed by atoms with van der Waals surface area (Å²) in [6.07, 6.45) is 1.62. The number of benzene rings is 1. The van der Waals surface area contributed by atoms with Crippen molar-refractivity contribution in [3.05, 3.63) is 49.6 Å². The van der Waals surface area contributed by atoms with Gasteiger partial charge in [-0.15, -0.1) is 0 Å². The van der Waals surface area contributed by atoms with Crippen LogP contribution >= 0.6 is 11.6 Å². The van der Waals surface area contributed by atoms with Crippen molar-refractivity contribution < 1.29 is 14.7 Å². The number of amides is 1. The number of phenolic OH excluding ortho intramolecular Hbond substituents is 1. The number of halogens is 1. The molecule has 172 valence electrons. The Kier molecular flexibility index (Phi) is 7.37. The lowest BCUT2D eigenvalue weighted by Crippen LogP contribution is -2.43. The van der Waals surface area contributed by atoms with Crippen molar-refractivity contribution in [2.24, 2.45) is 5.92 Å². The molecule has 5 N–H and O–H groups in total. The van der Waals surface area contributed by atoms with Crippen LogP contribution in [0.2, 0.25) is 5.02 Å². The van der Waals surface area contributed by atoms with Gasteiger partial charge in [-0.2, -0.15) is 0 Å². The SMILES string of the molecule is CCCn1c(N)c(C(=O)CN2CCC(C(=O)Nc3cc(Cl)ccc3O)CC2)c(=O)[nH]c1=O. The van der Waals surface area contributed by atoms with Crippen LogP contribution in [0.25, 0.3) is 0 Å². The average Bonchev–Trinajstić information content (AvgIpc) is 2.74. The third kappa shape index (κ3) is 5.20. The largest absolute Gasteiger partial charge is 0.506 e. The first-order valence-electron chi connectivity index (χ1n) is 10.4. The second-order valence-corrected chi connectivity index (χ2v) is 8.23. The van der Waals surface area contributed by atoms with E-state index in [4.69, 9.17) is 17.3 Å². The molecule has 1 aromatic carbocycles. The standard InChI is InChI=1S/C21H26ClN5O5/c1-2-7-27-18(23)17(20(31)25-21(27)32)16(29)11-26-8-5-12(6-9-26)19(30)24-14-10-13(22)3-4-15(14)28/h3-4,10,12,28H,2,5-9,11,23H2,1H3,(H,24,30)(H,25,31,32). The number of hydrogen-bond acceptors (Lipinski definition) is 7. The van der Waals surface area contributed by atoms with Crippen LogP contribution in [0.5, 0.6) is 5.75 Å². The summed E-state index contributed by atoms with van der Waals surface area (Å²) in [4.78, 5) is 53.5. The summed E-state index contributed by atoms with van der Waals surface area (Å²) in [5, 5.41) is 12.9. The van der Waals surface area contributed by atoms with E-state index >= 15 is 0 Å². The highest BCUT2D eigenvalue weighted by Crippen LogP contribution is 2.28. The molecular formula is C21H26ClN5O5. The molecule has 1 amide bonds. The van der Waals surface area contributed by atoms with Gasteiger partial charge in [-0.3, -0.25) is 28.8 Å². The van der Waals surface area contributed by atoms with Gasteiger partial charge in [-0.05, 0) is 50.6 Å². The Morgan fingerprint density at radius 3 is 2.62 bits per heavy atom. The fourth-order valence-corrected chi connectivity index (χ4v) is 3.95. The van der Waals surface area contributed by atoms with Crippen LogP contribution < -0.4 is 22.3 Å². The van der Waals surface area contributed by atoms with E-state index in [2.05, 4.69) is 10.3 Å². The first kappa shape index (κ1) is 23.6. The number of piperidine rings is 1. The summed E-state index contributed by atoms with van der Waals surface area (Å²) < 4.78 is 1.19. The van der Waals surface area contributed by atoms with E-state index < -0.39 is 17.0 Å². The summed E-state index contributed by atoms with van der Waals surface area (Å²) in [5.41, 5.74) is 4.56. The summed E-state index contributed by atoms with van der Waals surface area (Å²) in [5.74, 6) is -1.19. The van der Waals surface area contributed by atoms with Crippen LogP contribution in [-0.2, 0) is 11.3 Å². The summed E-state index contributed by atoms with van der Waals surface area (Å²) in [6, 6.07) is 4.40. The topological polar surface area (TPSA) is 151 Å². The predicted octanol–water partition coefficient (Wildman–Crippen LogP) is 1.42. The number of rotatable bonds is 7. The Hall–Kier alpha value is -3.11. The minimum Gasteiger partial charge on any atom is -0.506 e. The molecule has 1 aliphatic rings. The van der Waals surface area contributed by atoms with E-state index in [0.717, 1.165) is 0 Å². The molecule has 32 heavy (non-hydrogen) atoms. The normalized spacial score (nSPS) is 14.9. The molecule has 11 heteroatoms. The molecule has 1 saturated heterocycles. The fraction of sp³-hybridized carbons (Fsp3) is 0.429. The second-order valence-electron chi connectivity index (χ2n) is 7.80. The van der Waals surface area contributed by atoms with Crippen LogP contribution in [0.4, 0.5) is 11.5 Å². The van der Waals surface area contributed by atoms with E-state index in [-0.39, 0.29) is 41.2 Å². The number of hydrogen-bond donors (Lipinski definition) is 4. The van der Waals surface area contributed by atoms with E-state index in [0.29, 0.717) is 43.9 Å². The number of carbonyl (C=O) groups excluding carboxylic acids is 2. The van der Waals surface area contributed by atoms with Crippen LogP contribution in [-0.4, -0.2) is 50.9 Å². The van der Waals surface area contributed by atoms with Crippen molar-refractivity contribution in [1.82, 2.24) is 14.5 Å². The molecule has 2 heterocycles. The van der Waals surface area contributed by atoms with Gasteiger partial charge in [0, 0.05) is 17.5 Å². The molecule has 1 fully saturated rings. The zero-order valence-electron chi connectivity index (χ0n) is 17.7. The Morgan fingerprint density at radius 2 is 1.97 bits per heavy atom. The molecule has 0 atom stereocenters. The third-order valence-corrected chi connectivity index (χ3v) is 5.74. The molecule has 3 rings (SSSR count). The minimum absolute atomic E-state index is 0.0406. The zero-order chi connectivity index (χ0) is 23.4. The fourth-order valence-electron chi connectivity index (χ4n) is 3.78. The first-order chi connectivity index (χ1) is 15.2. The number of nitrogens with zero attached hydrogens (tertiary/aromatic N) is 2. The number of phenols is 1. The lowest BCUT2D eigenvalue weighted by molar-refractivity contribution is -0.121. The highest BCUT2D eigenvalue weighted by molar-refractivity contribution is 6.31. The quantitative estimate of drug-likeness (QED) is 0.358. The molecule has 0 unspecified atom stereocenters. The molecule has 0 radical (unpaired) electrons. The Bertz CT molecular complexity index is 1130. The van der Waals surface area contributed by atoms with Crippen molar-refractivity contribution in [1.29, 1.82) is 0 Å². The molecule has 0 bridgehead atoms. The van der Waals surface area contributed by atoms with Crippen LogP contribution in [0, 0.1) is 5.92 Å². The lowest BCUT2D eigenvalue weighted by Gasteiger charge is -2.30. The van der Waals surface area contributed by atoms with Gasteiger partial charge in [0.25, 0.3) is 5.56 Å². The van der Waals surface area contributed by atoms with Crippen molar-refractivity contribution in [3.63, 3.8) is 0 Å². The number of aromatic hydroxyl groups is 1. The average molecular weight is 464 g/mol. The molecule has 0 spiro atoms. The van der Waals surface area contributed by atoms with Gasteiger partial charge >= 0.3 is 5.69 Å². The molecule has 0 aliphatic carbocycles. The second kappa shape index (κ2) is 10.0. The monoisotopic (exact) mass is 463 g/mol. The highest BCUT2D eigenvalue weighted by atomic mass is 35.5. The molecular weight excluding hydrogens is 438 g/mol. The van der Waals surface area contributed by atoms with Gasteiger partial charge in [0.05, 0.1) is 12.2 Å². The maximum Gasteiger partial charge on any atom is 0.329 e. The summed E-state index contributed by atoms with van der Waals surface area (Å²) in [7, 11) is 0. The maximum atomic E-state index is 12.8. The molecule has 10 nitrogen and oxygen atoms in total. The van der Waals surface area contributed by atoms with Crippen LogP contribution in [0.15, 0.2) is 27.8 Å². The van der Waals surface area contributed by atoms with E-state index in [1.807, 2.05) is 11.8 Å². The van der Waals surface area contributed by atoms with Gasteiger partial charge < -0.3 is 16.2 Å². The number of carbonyl (C=O) groups is 2. The van der Waals surface area contributed by atoms with Crippen molar-refractivity contribution in [3.8, 4) is 5.75 Å². The summed E-state index contributed by atoms with van der Waals surface area (Å²) >= 11 is 5.91. The van der Waals surface area contributed by atoms with E-state index in [1.54, 1.807) is 0 Å². The third-order valence-electron chi connectivity index (χ3n) is 5.51. The van der Waals surface area contributed by atoms with Crippen molar-refractivity contribution in [2.75, 3.05) is 30.7 Å². The van der Waals surface area contributed by atoms with E-state index in [1.165, 1.54) is 22.8 Å². The van der Waals surface area contributed by atoms with Gasteiger partial charge in [-0.1, -0.05) is 18.5 Å². The van der Waals surface area contributed by atoms with Crippen molar-refractivity contribution in [2.45, 2.75) is 32.7 Å². The zero-order valence-corrected chi connectivity index (χ0v) is 18.4. The van der Waals surface area contributed by atoms with Gasteiger partial charge in [0.15, 0.2) is 5.78 Å². The number of nitrogens with one attached hydrogen (secondary N) is 2. The smallest absolute Gasteiger partial charge is 0.329 e. The number of Topliss-reactive ketones (excluding diaryl/α,β-unsaturated/α-hetero) is 1. The van der Waals surface area contributed by atoms with Crippen LogP contribution in [0.3, 0.4) is 0 Å². The van der Waals surface area contributed by atoms with Crippen molar-refractivity contribution >= 4 is 34.8 Å². The van der Waals surface area contributed by atoms with Gasteiger partial charge in [0.1, 0.15) is 17.1 Å². The predicted molar refractivity (Wildman–Crippen MR) is 121 cm³/mol. The number of aromatic amines is 1. The van der Waals surface area contributed by atoms with E-state index in [9.17, 15) is 24.3 Å². The molecule has 1 aliphatic heterocycles. The molecule has 2 aromatic rings. The minimum atomic E-state index is -0.791. The number of anilines is 2. The Morgan fingerprint density at radius 1 is 1.28 bits per heavy atom. The first-order valence-corrected chi connectivity index (χ1v) is 10.8. The molecule has 0 saturated carbocycles. The number of nitrogen functional groups attached to an aromatic ring is 1. The number of aromatic nitrogens is 2. The van der Waals surface area contributed by atoms with Gasteiger partial charge in [-0.25, -0.2) is 4.79 Å². The van der Waals surface area contributed by atoms with Gasteiger partial charge in [0.2, 0.25) is 5.91 Å². The Labute approximate surface area is 189 Å².